The summed E-state index contributed by atoms with van der Waals surface area (Å²) < 4.78 is 0. The summed E-state index contributed by atoms with van der Waals surface area (Å²) in [6, 6.07) is 8.23. The standard InChI is InChI=1S/C17H25ClN2S/c18-15-3-5-16(6-4-15)20-11-9-19(10-12-20)13-17(14-21)7-1-2-8-17/h3-6,21H,1-2,7-14H2. The van der Waals surface area contributed by atoms with Crippen molar-refractivity contribution in [2.24, 2.45) is 5.41 Å². The van der Waals surface area contributed by atoms with Crippen molar-refractivity contribution >= 4 is 29.9 Å². The summed E-state index contributed by atoms with van der Waals surface area (Å²) in [7, 11) is 0. The van der Waals surface area contributed by atoms with Gasteiger partial charge in [0.05, 0.1) is 0 Å². The molecule has 1 aliphatic heterocycles. The van der Waals surface area contributed by atoms with Gasteiger partial charge in [0.1, 0.15) is 0 Å². The van der Waals surface area contributed by atoms with E-state index in [2.05, 4.69) is 34.6 Å². The zero-order valence-corrected chi connectivity index (χ0v) is 14.3. The lowest BCUT2D eigenvalue weighted by molar-refractivity contribution is 0.164. The molecule has 4 heteroatoms. The minimum absolute atomic E-state index is 0.492. The molecular weight excluding hydrogens is 300 g/mol. The SMILES string of the molecule is SCC1(CN2CCN(c3ccc(Cl)cc3)CC2)CCCC1. The van der Waals surface area contributed by atoms with E-state index in [0.29, 0.717) is 5.41 Å². The van der Waals surface area contributed by atoms with Crippen molar-refractivity contribution in [2.45, 2.75) is 25.7 Å². The fourth-order valence-corrected chi connectivity index (χ4v) is 4.32. The second-order valence-corrected chi connectivity index (χ2v) is 7.36. The van der Waals surface area contributed by atoms with Crippen LogP contribution >= 0.6 is 24.2 Å². The van der Waals surface area contributed by atoms with E-state index in [-0.39, 0.29) is 0 Å². The van der Waals surface area contributed by atoms with Gasteiger partial charge >= 0.3 is 0 Å². The first-order chi connectivity index (χ1) is 10.2. The molecule has 0 aromatic heterocycles. The Morgan fingerprint density at radius 2 is 1.62 bits per heavy atom. The molecule has 0 N–H and O–H groups in total. The van der Waals surface area contributed by atoms with E-state index in [9.17, 15) is 0 Å². The Morgan fingerprint density at radius 1 is 1.00 bits per heavy atom. The van der Waals surface area contributed by atoms with E-state index < -0.39 is 0 Å². The predicted octanol–water partition coefficient (Wildman–Crippen LogP) is 3.95. The molecule has 0 bridgehead atoms. The Balaban J connectivity index is 1.54. The van der Waals surface area contributed by atoms with Gasteiger partial charge in [-0.3, -0.25) is 4.90 Å². The van der Waals surface area contributed by atoms with Crippen LogP contribution in [0.1, 0.15) is 25.7 Å². The molecule has 3 rings (SSSR count). The van der Waals surface area contributed by atoms with Gasteiger partial charge in [-0.1, -0.05) is 24.4 Å². The van der Waals surface area contributed by atoms with Gasteiger partial charge in [0.2, 0.25) is 0 Å². The highest BCUT2D eigenvalue weighted by Gasteiger charge is 2.35. The van der Waals surface area contributed by atoms with Crippen molar-refractivity contribution in [1.29, 1.82) is 0 Å². The van der Waals surface area contributed by atoms with Crippen molar-refractivity contribution in [3.05, 3.63) is 29.3 Å². The lowest BCUT2D eigenvalue weighted by Crippen LogP contribution is -2.50. The fraction of sp³-hybridized carbons (Fsp3) is 0.647. The summed E-state index contributed by atoms with van der Waals surface area (Å²) in [4.78, 5) is 5.11. The maximum atomic E-state index is 5.97. The smallest absolute Gasteiger partial charge is 0.0407 e. The molecule has 1 aromatic carbocycles. The number of hydrogen-bond acceptors (Lipinski definition) is 3. The Labute approximate surface area is 138 Å². The highest BCUT2D eigenvalue weighted by molar-refractivity contribution is 7.80. The summed E-state index contributed by atoms with van der Waals surface area (Å²) in [5.41, 5.74) is 1.79. The van der Waals surface area contributed by atoms with Gasteiger partial charge in [-0.05, 0) is 48.3 Å². The molecule has 21 heavy (non-hydrogen) atoms. The Bertz CT molecular complexity index is 448. The number of halogens is 1. The summed E-state index contributed by atoms with van der Waals surface area (Å²) in [6.07, 6.45) is 5.53. The van der Waals surface area contributed by atoms with Gasteiger partial charge in [0.25, 0.3) is 0 Å². The highest BCUT2D eigenvalue weighted by atomic mass is 35.5. The normalized spacial score (nSPS) is 22.7. The van der Waals surface area contributed by atoms with Gasteiger partial charge in [0.15, 0.2) is 0 Å². The summed E-state index contributed by atoms with van der Waals surface area (Å²) >= 11 is 10.6. The van der Waals surface area contributed by atoms with Crippen LogP contribution < -0.4 is 4.90 Å². The number of rotatable bonds is 4. The maximum Gasteiger partial charge on any atom is 0.0407 e. The summed E-state index contributed by atoms with van der Waals surface area (Å²) in [5, 5.41) is 0.814. The monoisotopic (exact) mass is 324 g/mol. The van der Waals surface area contributed by atoms with Crippen LogP contribution in [-0.4, -0.2) is 43.4 Å². The third kappa shape index (κ3) is 3.69. The zero-order chi connectivity index (χ0) is 14.7. The third-order valence-electron chi connectivity index (χ3n) is 5.12. The van der Waals surface area contributed by atoms with E-state index in [1.807, 2.05) is 12.1 Å². The van der Waals surface area contributed by atoms with Crippen LogP contribution in [0.25, 0.3) is 0 Å². The molecule has 1 aromatic rings. The highest BCUT2D eigenvalue weighted by Crippen LogP contribution is 2.39. The molecule has 0 unspecified atom stereocenters. The molecule has 2 fully saturated rings. The van der Waals surface area contributed by atoms with E-state index in [1.165, 1.54) is 37.9 Å². The zero-order valence-electron chi connectivity index (χ0n) is 12.6. The van der Waals surface area contributed by atoms with Crippen LogP contribution in [0.4, 0.5) is 5.69 Å². The van der Waals surface area contributed by atoms with E-state index in [4.69, 9.17) is 11.6 Å². The Kier molecular flexibility index (Phi) is 5.03. The van der Waals surface area contributed by atoms with Crippen LogP contribution in [-0.2, 0) is 0 Å². The molecule has 1 saturated heterocycles. The van der Waals surface area contributed by atoms with Crippen LogP contribution in [0.3, 0.4) is 0 Å². The van der Waals surface area contributed by atoms with Gasteiger partial charge < -0.3 is 4.90 Å². The van der Waals surface area contributed by atoms with Crippen molar-refractivity contribution in [3.8, 4) is 0 Å². The second kappa shape index (κ2) is 6.80. The lowest BCUT2D eigenvalue weighted by atomic mass is 9.87. The van der Waals surface area contributed by atoms with Crippen LogP contribution in [0.2, 0.25) is 5.02 Å². The van der Waals surface area contributed by atoms with Gasteiger partial charge in [-0.15, -0.1) is 0 Å². The number of benzene rings is 1. The number of hydrogen-bond donors (Lipinski definition) is 1. The van der Waals surface area contributed by atoms with Crippen LogP contribution in [0.5, 0.6) is 0 Å². The summed E-state index contributed by atoms with van der Waals surface area (Å²) in [5.74, 6) is 1.05. The average molecular weight is 325 g/mol. The van der Waals surface area contributed by atoms with E-state index >= 15 is 0 Å². The molecule has 2 nitrogen and oxygen atoms in total. The Hall–Kier alpha value is -0.380. The first kappa shape index (κ1) is 15.5. The van der Waals surface area contributed by atoms with Crippen LogP contribution in [0, 0.1) is 5.41 Å². The minimum atomic E-state index is 0.492. The Morgan fingerprint density at radius 3 is 2.19 bits per heavy atom. The molecule has 116 valence electrons. The molecule has 1 saturated carbocycles. The molecule has 0 radical (unpaired) electrons. The second-order valence-electron chi connectivity index (χ2n) is 6.60. The quantitative estimate of drug-likeness (QED) is 0.838. The van der Waals surface area contributed by atoms with Crippen LogP contribution in [0.15, 0.2) is 24.3 Å². The molecule has 0 amide bonds. The van der Waals surface area contributed by atoms with Gasteiger partial charge in [0, 0.05) is 43.4 Å². The molecule has 1 heterocycles. The molecular formula is C17H25ClN2S. The maximum absolute atomic E-state index is 5.97. The number of thiol groups is 1. The molecule has 2 aliphatic rings. The van der Waals surface area contributed by atoms with Gasteiger partial charge in [-0.25, -0.2) is 0 Å². The first-order valence-corrected chi connectivity index (χ1v) is 9.06. The van der Waals surface area contributed by atoms with Crippen molar-refractivity contribution in [2.75, 3.05) is 43.4 Å². The van der Waals surface area contributed by atoms with Crippen molar-refractivity contribution in [3.63, 3.8) is 0 Å². The van der Waals surface area contributed by atoms with Crippen molar-refractivity contribution < 1.29 is 0 Å². The largest absolute Gasteiger partial charge is 0.369 e. The molecule has 0 spiro atoms. The average Bonchev–Trinajstić information content (AvgIpc) is 2.98. The minimum Gasteiger partial charge on any atom is -0.369 e. The van der Waals surface area contributed by atoms with Crippen molar-refractivity contribution in [1.82, 2.24) is 4.90 Å². The number of anilines is 1. The van der Waals surface area contributed by atoms with Gasteiger partial charge in [-0.2, -0.15) is 12.6 Å². The number of piperazine rings is 1. The molecule has 0 atom stereocenters. The van der Waals surface area contributed by atoms with E-state index in [1.54, 1.807) is 0 Å². The fourth-order valence-electron chi connectivity index (χ4n) is 3.78. The topological polar surface area (TPSA) is 6.48 Å². The summed E-state index contributed by atoms with van der Waals surface area (Å²) in [6.45, 7) is 5.80. The number of nitrogens with zero attached hydrogens (tertiary/aromatic N) is 2. The van der Waals surface area contributed by atoms with E-state index in [0.717, 1.165) is 37.0 Å². The lowest BCUT2D eigenvalue weighted by Gasteiger charge is -2.40. The first-order valence-electron chi connectivity index (χ1n) is 8.05. The molecule has 1 aliphatic carbocycles. The predicted molar refractivity (Wildman–Crippen MR) is 94.9 cm³/mol. The third-order valence-corrected chi connectivity index (χ3v) is 6.05.